The van der Waals surface area contributed by atoms with Crippen molar-refractivity contribution in [1.29, 1.82) is 0 Å². The zero-order chi connectivity index (χ0) is 10.1. The molecule has 1 rings (SSSR count). The predicted molar refractivity (Wildman–Crippen MR) is 44.4 cm³/mol. The average Bonchev–Trinajstić information content (AvgIpc) is 2.20. The molecular formula is C9H11F2NO. The Hall–Kier alpha value is -0.950. The molecule has 2 nitrogen and oxygen atoms in total. The van der Waals surface area contributed by atoms with Crippen LogP contribution in [0.5, 0.6) is 0 Å². The van der Waals surface area contributed by atoms with E-state index >= 15 is 0 Å². The van der Waals surface area contributed by atoms with Crippen LogP contribution in [-0.4, -0.2) is 36.2 Å². The SMILES string of the molecule is CC(=O)C#CC1CC(F)(F)CN1C. The van der Waals surface area contributed by atoms with Crippen molar-refractivity contribution < 1.29 is 13.6 Å². The Morgan fingerprint density at radius 1 is 1.62 bits per heavy atom. The Bertz CT molecular complexity index is 277. The minimum Gasteiger partial charge on any atom is -0.287 e. The monoisotopic (exact) mass is 187 g/mol. The molecule has 72 valence electrons. The second kappa shape index (κ2) is 3.43. The van der Waals surface area contributed by atoms with E-state index in [1.165, 1.54) is 11.8 Å². The summed E-state index contributed by atoms with van der Waals surface area (Å²) >= 11 is 0. The first-order valence-electron chi connectivity index (χ1n) is 4.01. The summed E-state index contributed by atoms with van der Waals surface area (Å²) in [5, 5.41) is 0. The Balaban J connectivity index is 2.65. The summed E-state index contributed by atoms with van der Waals surface area (Å²) < 4.78 is 25.6. The van der Waals surface area contributed by atoms with Crippen LogP contribution < -0.4 is 0 Å². The van der Waals surface area contributed by atoms with Gasteiger partial charge >= 0.3 is 0 Å². The van der Waals surface area contributed by atoms with E-state index in [0.29, 0.717) is 0 Å². The van der Waals surface area contributed by atoms with Crippen molar-refractivity contribution in [3.05, 3.63) is 0 Å². The first-order valence-corrected chi connectivity index (χ1v) is 4.01. The molecule has 1 aliphatic rings. The number of likely N-dealkylation sites (tertiary alicyclic amines) is 1. The fourth-order valence-electron chi connectivity index (χ4n) is 1.32. The summed E-state index contributed by atoms with van der Waals surface area (Å²) in [7, 11) is 1.58. The molecule has 1 atom stereocenters. The standard InChI is InChI=1S/C9H11F2NO/c1-7(13)3-4-8-5-9(10,11)6-12(8)2/h8H,5-6H2,1-2H3. The van der Waals surface area contributed by atoms with E-state index in [4.69, 9.17) is 0 Å². The highest BCUT2D eigenvalue weighted by molar-refractivity contribution is 5.93. The molecule has 1 heterocycles. The number of nitrogens with zero attached hydrogens (tertiary/aromatic N) is 1. The maximum Gasteiger partial charge on any atom is 0.263 e. The van der Waals surface area contributed by atoms with Crippen molar-refractivity contribution in [2.24, 2.45) is 0 Å². The van der Waals surface area contributed by atoms with Crippen molar-refractivity contribution >= 4 is 5.78 Å². The number of hydrogen-bond acceptors (Lipinski definition) is 2. The van der Waals surface area contributed by atoms with Gasteiger partial charge < -0.3 is 0 Å². The van der Waals surface area contributed by atoms with Crippen molar-refractivity contribution in [1.82, 2.24) is 4.90 Å². The number of hydrogen-bond donors (Lipinski definition) is 0. The molecule has 4 heteroatoms. The van der Waals surface area contributed by atoms with Gasteiger partial charge in [0.25, 0.3) is 5.92 Å². The van der Waals surface area contributed by atoms with Crippen molar-refractivity contribution in [3.8, 4) is 11.8 Å². The number of carbonyl (C=O) groups excluding carboxylic acids is 1. The molecular weight excluding hydrogens is 176 g/mol. The molecule has 1 aliphatic heterocycles. The van der Waals surface area contributed by atoms with Gasteiger partial charge in [0.05, 0.1) is 12.6 Å². The summed E-state index contributed by atoms with van der Waals surface area (Å²) in [6.07, 6.45) is -0.274. The van der Waals surface area contributed by atoms with Gasteiger partial charge in [0.2, 0.25) is 5.78 Å². The van der Waals surface area contributed by atoms with Crippen LogP contribution in [0.3, 0.4) is 0 Å². The molecule has 0 amide bonds. The van der Waals surface area contributed by atoms with Crippen molar-refractivity contribution in [3.63, 3.8) is 0 Å². The highest BCUT2D eigenvalue weighted by Crippen LogP contribution is 2.30. The number of ketones is 1. The zero-order valence-corrected chi connectivity index (χ0v) is 7.60. The molecule has 0 saturated carbocycles. The maximum atomic E-state index is 12.8. The molecule has 1 unspecified atom stereocenters. The topological polar surface area (TPSA) is 20.3 Å². The van der Waals surface area contributed by atoms with Crippen LogP contribution in [-0.2, 0) is 4.79 Å². The molecule has 0 aromatic carbocycles. The zero-order valence-electron chi connectivity index (χ0n) is 7.60. The average molecular weight is 187 g/mol. The molecule has 0 N–H and O–H groups in total. The smallest absolute Gasteiger partial charge is 0.263 e. The fourth-order valence-corrected chi connectivity index (χ4v) is 1.32. The van der Waals surface area contributed by atoms with Gasteiger partial charge in [0.1, 0.15) is 0 Å². The largest absolute Gasteiger partial charge is 0.287 e. The minimum atomic E-state index is -2.66. The van der Waals surface area contributed by atoms with Crippen LogP contribution in [0.2, 0.25) is 0 Å². The van der Waals surface area contributed by atoms with E-state index < -0.39 is 12.0 Å². The molecule has 0 aromatic rings. The predicted octanol–water partition coefficient (Wildman–Crippen LogP) is 0.918. The van der Waals surface area contributed by atoms with Gasteiger partial charge in [-0.15, -0.1) is 0 Å². The third-order valence-electron chi connectivity index (χ3n) is 1.92. The molecule has 13 heavy (non-hydrogen) atoms. The number of alkyl halides is 2. The van der Waals surface area contributed by atoms with Crippen molar-refractivity contribution in [2.45, 2.75) is 25.3 Å². The van der Waals surface area contributed by atoms with Crippen LogP contribution in [0.15, 0.2) is 0 Å². The number of Topliss-reactive ketones (excluding diaryl/α,β-unsaturated/α-hetero) is 1. The van der Waals surface area contributed by atoms with Crippen LogP contribution in [0, 0.1) is 11.8 Å². The van der Waals surface area contributed by atoms with Crippen LogP contribution in [0.1, 0.15) is 13.3 Å². The van der Waals surface area contributed by atoms with Crippen LogP contribution >= 0.6 is 0 Å². The lowest BCUT2D eigenvalue weighted by molar-refractivity contribution is -0.111. The highest BCUT2D eigenvalue weighted by Gasteiger charge is 2.42. The van der Waals surface area contributed by atoms with E-state index in [-0.39, 0.29) is 18.7 Å². The van der Waals surface area contributed by atoms with E-state index in [0.717, 1.165) is 0 Å². The van der Waals surface area contributed by atoms with Gasteiger partial charge in [0, 0.05) is 13.3 Å². The summed E-state index contributed by atoms with van der Waals surface area (Å²) in [4.78, 5) is 12.0. The number of rotatable bonds is 0. The lowest BCUT2D eigenvalue weighted by Gasteiger charge is -2.10. The Morgan fingerprint density at radius 3 is 2.62 bits per heavy atom. The molecule has 0 spiro atoms. The number of carbonyl (C=O) groups is 1. The van der Waals surface area contributed by atoms with Gasteiger partial charge in [-0.05, 0) is 13.0 Å². The third kappa shape index (κ3) is 2.78. The Labute approximate surface area is 75.9 Å². The van der Waals surface area contributed by atoms with E-state index in [9.17, 15) is 13.6 Å². The van der Waals surface area contributed by atoms with Crippen LogP contribution in [0.25, 0.3) is 0 Å². The van der Waals surface area contributed by atoms with Gasteiger partial charge in [-0.2, -0.15) is 0 Å². The molecule has 1 fully saturated rings. The van der Waals surface area contributed by atoms with E-state index in [2.05, 4.69) is 11.8 Å². The second-order valence-electron chi connectivity index (χ2n) is 3.32. The van der Waals surface area contributed by atoms with Crippen molar-refractivity contribution in [2.75, 3.05) is 13.6 Å². The molecule has 0 aromatic heterocycles. The Kier molecular flexibility index (Phi) is 2.67. The Morgan fingerprint density at radius 2 is 2.23 bits per heavy atom. The van der Waals surface area contributed by atoms with Gasteiger partial charge in [0.15, 0.2) is 0 Å². The summed E-state index contributed by atoms with van der Waals surface area (Å²) in [5.74, 6) is 1.87. The normalized spacial score (nSPS) is 26.6. The molecule has 1 saturated heterocycles. The summed E-state index contributed by atoms with van der Waals surface area (Å²) in [5.41, 5.74) is 0. The maximum absolute atomic E-state index is 12.8. The summed E-state index contributed by atoms with van der Waals surface area (Å²) in [6.45, 7) is 1.05. The van der Waals surface area contributed by atoms with Crippen LogP contribution in [0.4, 0.5) is 8.78 Å². The first kappa shape index (κ1) is 10.1. The third-order valence-corrected chi connectivity index (χ3v) is 1.92. The van der Waals surface area contributed by atoms with Gasteiger partial charge in [-0.3, -0.25) is 9.69 Å². The van der Waals surface area contributed by atoms with Gasteiger partial charge in [-0.1, -0.05) is 5.92 Å². The first-order chi connectivity index (χ1) is 5.91. The molecule has 0 aliphatic carbocycles. The van der Waals surface area contributed by atoms with Gasteiger partial charge in [-0.25, -0.2) is 8.78 Å². The quantitative estimate of drug-likeness (QED) is 0.415. The molecule has 0 radical (unpaired) electrons. The minimum absolute atomic E-state index is 0.274. The van der Waals surface area contributed by atoms with E-state index in [1.807, 2.05) is 0 Å². The lowest BCUT2D eigenvalue weighted by Crippen LogP contribution is -2.24. The second-order valence-corrected chi connectivity index (χ2v) is 3.32. The summed E-state index contributed by atoms with van der Waals surface area (Å²) in [6, 6.07) is -0.487. The highest BCUT2D eigenvalue weighted by atomic mass is 19.3. The molecule has 0 bridgehead atoms. The fraction of sp³-hybridized carbons (Fsp3) is 0.667. The number of halogens is 2. The lowest BCUT2D eigenvalue weighted by atomic mass is 10.2. The van der Waals surface area contributed by atoms with E-state index in [1.54, 1.807) is 7.05 Å².